The van der Waals surface area contributed by atoms with Gasteiger partial charge in [-0.25, -0.2) is 4.39 Å². The van der Waals surface area contributed by atoms with Crippen molar-refractivity contribution in [2.75, 3.05) is 12.8 Å². The highest BCUT2D eigenvalue weighted by Crippen LogP contribution is 2.27. The van der Waals surface area contributed by atoms with Crippen LogP contribution in [0.1, 0.15) is 17.2 Å². The summed E-state index contributed by atoms with van der Waals surface area (Å²) in [4.78, 5) is 1.16. The zero-order valence-corrected chi connectivity index (χ0v) is 13.1. The molecule has 2 aromatic carbocycles. The highest BCUT2D eigenvalue weighted by molar-refractivity contribution is 7.99. The third kappa shape index (κ3) is 3.98. The summed E-state index contributed by atoms with van der Waals surface area (Å²) >= 11 is 7.60. The summed E-state index contributed by atoms with van der Waals surface area (Å²) in [6.45, 7) is 2.01. The van der Waals surface area contributed by atoms with Crippen molar-refractivity contribution in [3.8, 4) is 0 Å². The van der Waals surface area contributed by atoms with Gasteiger partial charge in [0.25, 0.3) is 0 Å². The van der Waals surface area contributed by atoms with Crippen LogP contribution in [0.3, 0.4) is 0 Å². The summed E-state index contributed by atoms with van der Waals surface area (Å²) in [6.07, 6.45) is 0. The summed E-state index contributed by atoms with van der Waals surface area (Å²) in [7, 11) is 1.90. The van der Waals surface area contributed by atoms with E-state index < -0.39 is 0 Å². The largest absolute Gasteiger partial charge is 0.312 e. The predicted molar refractivity (Wildman–Crippen MR) is 85.1 cm³/mol. The van der Waals surface area contributed by atoms with E-state index in [1.165, 1.54) is 6.07 Å². The molecule has 0 saturated heterocycles. The summed E-state index contributed by atoms with van der Waals surface area (Å²) < 4.78 is 13.4. The van der Waals surface area contributed by atoms with Gasteiger partial charge in [-0.1, -0.05) is 17.7 Å². The van der Waals surface area contributed by atoms with Gasteiger partial charge in [-0.15, -0.1) is 11.8 Å². The molecule has 0 saturated carbocycles. The van der Waals surface area contributed by atoms with E-state index in [4.69, 9.17) is 11.6 Å². The van der Waals surface area contributed by atoms with Crippen molar-refractivity contribution in [2.45, 2.75) is 17.9 Å². The molecule has 1 atom stereocenters. The molecule has 0 bridgehead atoms. The summed E-state index contributed by atoms with van der Waals surface area (Å²) in [5, 5.41) is 3.99. The monoisotopic (exact) mass is 309 g/mol. The second-order valence-corrected chi connectivity index (χ2v) is 6.14. The molecular weight excluding hydrogens is 293 g/mol. The Labute approximate surface area is 128 Å². The van der Waals surface area contributed by atoms with E-state index in [0.29, 0.717) is 0 Å². The van der Waals surface area contributed by atoms with E-state index >= 15 is 0 Å². The van der Waals surface area contributed by atoms with Gasteiger partial charge in [0.2, 0.25) is 0 Å². The Morgan fingerprint density at radius 2 is 1.90 bits per heavy atom. The SMILES string of the molecule is CNC(CSc1ccc(Cl)cc1)c1cc(F)ccc1C. The molecule has 20 heavy (non-hydrogen) atoms. The van der Waals surface area contributed by atoms with Gasteiger partial charge in [0.05, 0.1) is 0 Å². The number of halogens is 2. The van der Waals surface area contributed by atoms with Crippen molar-refractivity contribution < 1.29 is 4.39 Å². The highest BCUT2D eigenvalue weighted by atomic mass is 35.5. The fourth-order valence-corrected chi connectivity index (χ4v) is 3.19. The van der Waals surface area contributed by atoms with Crippen LogP contribution >= 0.6 is 23.4 Å². The Bertz CT molecular complexity index is 571. The molecule has 0 aromatic heterocycles. The molecule has 0 aliphatic carbocycles. The van der Waals surface area contributed by atoms with Gasteiger partial charge in [-0.2, -0.15) is 0 Å². The molecule has 0 amide bonds. The molecule has 0 radical (unpaired) electrons. The number of aryl methyl sites for hydroxylation is 1. The molecular formula is C16H17ClFNS. The maximum absolute atomic E-state index is 13.4. The average Bonchev–Trinajstić information content (AvgIpc) is 2.45. The van der Waals surface area contributed by atoms with E-state index in [0.717, 1.165) is 26.8 Å². The number of thioether (sulfide) groups is 1. The lowest BCUT2D eigenvalue weighted by Gasteiger charge is -2.18. The van der Waals surface area contributed by atoms with Crippen molar-refractivity contribution in [2.24, 2.45) is 0 Å². The number of rotatable bonds is 5. The average molecular weight is 310 g/mol. The van der Waals surface area contributed by atoms with Gasteiger partial charge in [0.1, 0.15) is 5.82 Å². The van der Waals surface area contributed by atoms with Crippen LogP contribution in [0.25, 0.3) is 0 Å². The van der Waals surface area contributed by atoms with Crippen LogP contribution < -0.4 is 5.32 Å². The molecule has 2 aromatic rings. The number of benzene rings is 2. The van der Waals surface area contributed by atoms with Crippen LogP contribution in [0.2, 0.25) is 5.02 Å². The molecule has 1 nitrogen and oxygen atoms in total. The van der Waals surface area contributed by atoms with Crippen LogP contribution in [-0.2, 0) is 0 Å². The molecule has 0 heterocycles. The lowest BCUT2D eigenvalue weighted by atomic mass is 10.0. The molecule has 106 valence electrons. The van der Waals surface area contributed by atoms with Crippen LogP contribution in [0.15, 0.2) is 47.4 Å². The van der Waals surface area contributed by atoms with Crippen molar-refractivity contribution in [3.63, 3.8) is 0 Å². The molecule has 0 aliphatic rings. The van der Waals surface area contributed by atoms with Gasteiger partial charge in [0, 0.05) is 21.7 Å². The Morgan fingerprint density at radius 3 is 2.55 bits per heavy atom. The first kappa shape index (κ1) is 15.4. The van der Waals surface area contributed by atoms with Gasteiger partial charge < -0.3 is 5.32 Å². The first-order chi connectivity index (χ1) is 9.60. The lowest BCUT2D eigenvalue weighted by Crippen LogP contribution is -2.19. The maximum Gasteiger partial charge on any atom is 0.123 e. The second-order valence-electron chi connectivity index (χ2n) is 4.61. The van der Waals surface area contributed by atoms with E-state index in [1.807, 2.05) is 44.3 Å². The highest BCUT2D eigenvalue weighted by Gasteiger charge is 2.13. The third-order valence-corrected chi connectivity index (χ3v) is 4.55. The Kier molecular flexibility index (Phi) is 5.46. The summed E-state index contributed by atoms with van der Waals surface area (Å²) in [5.41, 5.74) is 2.11. The smallest absolute Gasteiger partial charge is 0.123 e. The standard InChI is InChI=1S/C16H17ClFNS/c1-11-3-6-13(18)9-15(11)16(19-2)10-20-14-7-4-12(17)5-8-14/h3-9,16,19H,10H2,1-2H3. The lowest BCUT2D eigenvalue weighted by molar-refractivity contribution is 0.609. The predicted octanol–water partition coefficient (Wildman–Crippen LogP) is 4.84. The van der Waals surface area contributed by atoms with Crippen molar-refractivity contribution >= 4 is 23.4 Å². The fraction of sp³-hybridized carbons (Fsp3) is 0.250. The van der Waals surface area contributed by atoms with E-state index in [1.54, 1.807) is 17.8 Å². The van der Waals surface area contributed by atoms with E-state index in [9.17, 15) is 4.39 Å². The van der Waals surface area contributed by atoms with Crippen molar-refractivity contribution in [1.82, 2.24) is 5.32 Å². The maximum atomic E-state index is 13.4. The fourth-order valence-electron chi connectivity index (χ4n) is 2.03. The number of nitrogens with one attached hydrogen (secondary N) is 1. The minimum absolute atomic E-state index is 0.117. The Balaban J connectivity index is 2.09. The molecule has 4 heteroatoms. The molecule has 0 aliphatic heterocycles. The van der Waals surface area contributed by atoms with Crippen LogP contribution in [-0.4, -0.2) is 12.8 Å². The zero-order chi connectivity index (χ0) is 14.5. The molecule has 2 rings (SSSR count). The first-order valence-corrected chi connectivity index (χ1v) is 7.78. The zero-order valence-electron chi connectivity index (χ0n) is 11.5. The van der Waals surface area contributed by atoms with Crippen molar-refractivity contribution in [3.05, 3.63) is 64.4 Å². The summed E-state index contributed by atoms with van der Waals surface area (Å²) in [6, 6.07) is 12.8. The van der Waals surface area contributed by atoms with E-state index in [-0.39, 0.29) is 11.9 Å². The van der Waals surface area contributed by atoms with Crippen LogP contribution in [0.5, 0.6) is 0 Å². The quantitative estimate of drug-likeness (QED) is 0.793. The normalized spacial score (nSPS) is 12.4. The van der Waals surface area contributed by atoms with Gasteiger partial charge in [-0.3, -0.25) is 0 Å². The molecule has 1 N–H and O–H groups in total. The van der Waals surface area contributed by atoms with Gasteiger partial charge in [-0.05, 0) is 61.5 Å². The number of hydrogen-bond acceptors (Lipinski definition) is 2. The van der Waals surface area contributed by atoms with Gasteiger partial charge in [0.15, 0.2) is 0 Å². The molecule has 1 unspecified atom stereocenters. The van der Waals surface area contributed by atoms with Crippen LogP contribution in [0, 0.1) is 12.7 Å². The second kappa shape index (κ2) is 7.11. The minimum Gasteiger partial charge on any atom is -0.312 e. The Morgan fingerprint density at radius 1 is 1.20 bits per heavy atom. The molecule has 0 fully saturated rings. The van der Waals surface area contributed by atoms with E-state index in [2.05, 4.69) is 5.32 Å². The van der Waals surface area contributed by atoms with Crippen molar-refractivity contribution in [1.29, 1.82) is 0 Å². The number of hydrogen-bond donors (Lipinski definition) is 1. The molecule has 0 spiro atoms. The van der Waals surface area contributed by atoms with Gasteiger partial charge >= 0.3 is 0 Å². The summed E-state index contributed by atoms with van der Waals surface area (Å²) in [5.74, 6) is 0.643. The third-order valence-electron chi connectivity index (χ3n) is 3.20. The first-order valence-electron chi connectivity index (χ1n) is 6.42. The van der Waals surface area contributed by atoms with Crippen LogP contribution in [0.4, 0.5) is 4.39 Å². The topological polar surface area (TPSA) is 12.0 Å². The minimum atomic E-state index is -0.192. The Hall–Kier alpha value is -1.03.